The van der Waals surface area contributed by atoms with Gasteiger partial charge < -0.3 is 10.6 Å². The van der Waals surface area contributed by atoms with Gasteiger partial charge in [0.05, 0.1) is 0 Å². The van der Waals surface area contributed by atoms with E-state index < -0.39 is 5.54 Å². The number of amides is 2. The fraction of sp³-hybridized carbons (Fsp3) is 0.250. The number of benzene rings is 3. The molecule has 0 radical (unpaired) electrons. The summed E-state index contributed by atoms with van der Waals surface area (Å²) in [5.41, 5.74) is 3.29. The number of nitrogens with zero attached hydrogens (tertiary/aromatic N) is 1. The van der Waals surface area contributed by atoms with Crippen molar-refractivity contribution in [3.8, 4) is 0 Å². The number of nitrogens with one attached hydrogen (secondary N) is 2. The standard InChI is InChI=1S/C28H31N3O2S/c1-5-9-20-12-14-21(15-13-20)25(32)29-23-16-18-24(19-17-23)30-27(34)31(28(2,3)4)26(33)22-10-7-6-8-11-22/h6-8,10-19H,5,9H2,1-4H3,(H,29,32)(H,30,34). The Bertz CT molecular complexity index is 1140. The van der Waals surface area contributed by atoms with E-state index in [1.807, 2.05) is 75.4 Å². The minimum Gasteiger partial charge on any atom is -0.332 e. The van der Waals surface area contributed by atoms with Gasteiger partial charge in [-0.3, -0.25) is 14.5 Å². The number of aryl methyl sites for hydroxylation is 1. The van der Waals surface area contributed by atoms with Crippen LogP contribution < -0.4 is 10.6 Å². The maximum atomic E-state index is 13.1. The number of carbonyl (C=O) groups excluding carboxylic acids is 2. The van der Waals surface area contributed by atoms with E-state index in [1.165, 1.54) is 5.56 Å². The van der Waals surface area contributed by atoms with Crippen LogP contribution in [-0.2, 0) is 6.42 Å². The van der Waals surface area contributed by atoms with Gasteiger partial charge in [-0.05, 0) is 93.5 Å². The highest BCUT2D eigenvalue weighted by Crippen LogP contribution is 2.21. The lowest BCUT2D eigenvalue weighted by molar-refractivity contribution is 0.0753. The highest BCUT2D eigenvalue weighted by atomic mass is 32.1. The molecule has 2 N–H and O–H groups in total. The first-order valence-electron chi connectivity index (χ1n) is 11.4. The van der Waals surface area contributed by atoms with Crippen molar-refractivity contribution in [1.29, 1.82) is 0 Å². The van der Waals surface area contributed by atoms with Gasteiger partial charge in [-0.2, -0.15) is 0 Å². The van der Waals surface area contributed by atoms with Crippen molar-refractivity contribution in [2.24, 2.45) is 0 Å². The van der Waals surface area contributed by atoms with Crippen LogP contribution in [0.5, 0.6) is 0 Å². The molecule has 0 saturated heterocycles. The summed E-state index contributed by atoms with van der Waals surface area (Å²) in [5, 5.41) is 6.38. The first-order chi connectivity index (χ1) is 16.2. The van der Waals surface area contributed by atoms with Crippen molar-refractivity contribution in [2.75, 3.05) is 10.6 Å². The summed E-state index contributed by atoms with van der Waals surface area (Å²) in [6.07, 6.45) is 2.07. The molecule has 6 heteroatoms. The fourth-order valence-electron chi connectivity index (χ4n) is 3.54. The van der Waals surface area contributed by atoms with Crippen LogP contribution in [-0.4, -0.2) is 27.4 Å². The van der Waals surface area contributed by atoms with Gasteiger partial charge in [0.25, 0.3) is 11.8 Å². The van der Waals surface area contributed by atoms with Crippen LogP contribution in [0.25, 0.3) is 0 Å². The Hall–Kier alpha value is -3.51. The summed E-state index contributed by atoms with van der Waals surface area (Å²) in [4.78, 5) is 27.3. The Labute approximate surface area is 207 Å². The molecule has 0 spiro atoms. The molecule has 0 aliphatic carbocycles. The highest BCUT2D eigenvalue weighted by Gasteiger charge is 2.31. The summed E-state index contributed by atoms with van der Waals surface area (Å²) in [7, 11) is 0. The molecular weight excluding hydrogens is 442 g/mol. The van der Waals surface area contributed by atoms with Crippen LogP contribution in [0.2, 0.25) is 0 Å². The molecule has 0 aliphatic rings. The molecule has 3 aromatic carbocycles. The van der Waals surface area contributed by atoms with Gasteiger partial charge in [-0.1, -0.05) is 43.7 Å². The summed E-state index contributed by atoms with van der Waals surface area (Å²) in [5.74, 6) is -0.328. The van der Waals surface area contributed by atoms with Crippen LogP contribution in [0.3, 0.4) is 0 Å². The lowest BCUT2D eigenvalue weighted by Crippen LogP contribution is -2.51. The Morgan fingerprint density at radius 3 is 1.88 bits per heavy atom. The number of rotatable bonds is 6. The fourth-order valence-corrected chi connectivity index (χ4v) is 4.02. The number of carbonyl (C=O) groups is 2. The third-order valence-corrected chi connectivity index (χ3v) is 5.53. The van der Waals surface area contributed by atoms with Crippen molar-refractivity contribution in [3.05, 3.63) is 95.6 Å². The molecule has 0 atom stereocenters. The second kappa shape index (κ2) is 11.1. The molecule has 5 nitrogen and oxygen atoms in total. The topological polar surface area (TPSA) is 61.4 Å². The second-order valence-electron chi connectivity index (χ2n) is 9.09. The van der Waals surface area contributed by atoms with Crippen LogP contribution in [0.15, 0.2) is 78.9 Å². The van der Waals surface area contributed by atoms with Gasteiger partial charge >= 0.3 is 0 Å². The molecule has 0 saturated carbocycles. The SMILES string of the molecule is CCCc1ccc(C(=O)Nc2ccc(NC(=S)N(C(=O)c3ccccc3)C(C)(C)C)cc2)cc1. The second-order valence-corrected chi connectivity index (χ2v) is 9.47. The zero-order chi connectivity index (χ0) is 24.7. The van der Waals surface area contributed by atoms with Gasteiger partial charge in [0.2, 0.25) is 0 Å². The van der Waals surface area contributed by atoms with Gasteiger partial charge in [0.15, 0.2) is 5.11 Å². The highest BCUT2D eigenvalue weighted by molar-refractivity contribution is 7.80. The van der Waals surface area contributed by atoms with Crippen molar-refractivity contribution in [1.82, 2.24) is 4.90 Å². The van der Waals surface area contributed by atoms with E-state index in [1.54, 1.807) is 29.2 Å². The monoisotopic (exact) mass is 473 g/mol. The maximum absolute atomic E-state index is 13.1. The number of hydrogen-bond acceptors (Lipinski definition) is 3. The van der Waals surface area contributed by atoms with Crippen molar-refractivity contribution >= 4 is 40.5 Å². The molecule has 0 aliphatic heterocycles. The molecule has 3 aromatic rings. The Kier molecular flexibility index (Phi) is 8.18. The first kappa shape index (κ1) is 25.1. The van der Waals surface area contributed by atoms with E-state index in [4.69, 9.17) is 12.2 Å². The van der Waals surface area contributed by atoms with Gasteiger partial charge in [-0.15, -0.1) is 0 Å². The molecular formula is C28H31N3O2S. The molecule has 3 rings (SSSR count). The molecule has 0 fully saturated rings. The molecule has 2 amide bonds. The van der Waals surface area contributed by atoms with Crippen molar-refractivity contribution in [2.45, 2.75) is 46.1 Å². The minimum atomic E-state index is -0.516. The number of thiocarbonyl (C=S) groups is 1. The van der Waals surface area contributed by atoms with E-state index in [9.17, 15) is 9.59 Å². The predicted octanol–water partition coefficient (Wildman–Crippen LogP) is 6.53. The van der Waals surface area contributed by atoms with Gasteiger partial charge in [0, 0.05) is 28.0 Å². The molecule has 34 heavy (non-hydrogen) atoms. The quantitative estimate of drug-likeness (QED) is 0.400. The van der Waals surface area contributed by atoms with Crippen LogP contribution in [0.4, 0.5) is 11.4 Å². The molecule has 0 aromatic heterocycles. The van der Waals surface area contributed by atoms with E-state index in [0.29, 0.717) is 21.9 Å². The average molecular weight is 474 g/mol. The molecule has 0 bridgehead atoms. The summed E-state index contributed by atoms with van der Waals surface area (Å²) < 4.78 is 0. The Morgan fingerprint density at radius 1 is 0.794 bits per heavy atom. The number of hydrogen-bond donors (Lipinski definition) is 2. The lowest BCUT2D eigenvalue weighted by atomic mass is 10.0. The third kappa shape index (κ3) is 6.51. The Balaban J connectivity index is 1.67. The van der Waals surface area contributed by atoms with Crippen molar-refractivity contribution in [3.63, 3.8) is 0 Å². The molecule has 176 valence electrons. The summed E-state index contributed by atoms with van der Waals surface area (Å²) in [6, 6.07) is 24.0. The summed E-state index contributed by atoms with van der Waals surface area (Å²) >= 11 is 5.60. The molecule has 0 unspecified atom stereocenters. The van der Waals surface area contributed by atoms with Crippen molar-refractivity contribution < 1.29 is 9.59 Å². The van der Waals surface area contributed by atoms with Crippen LogP contribution in [0.1, 0.15) is 60.4 Å². The van der Waals surface area contributed by atoms with E-state index in [0.717, 1.165) is 18.5 Å². The van der Waals surface area contributed by atoms with Crippen LogP contribution >= 0.6 is 12.2 Å². The van der Waals surface area contributed by atoms with Gasteiger partial charge in [0.1, 0.15) is 0 Å². The molecule has 0 heterocycles. The zero-order valence-electron chi connectivity index (χ0n) is 20.1. The van der Waals surface area contributed by atoms with Crippen LogP contribution in [0, 0.1) is 0 Å². The maximum Gasteiger partial charge on any atom is 0.260 e. The average Bonchev–Trinajstić information content (AvgIpc) is 2.80. The van der Waals surface area contributed by atoms with E-state index in [-0.39, 0.29) is 11.8 Å². The van der Waals surface area contributed by atoms with E-state index in [2.05, 4.69) is 17.6 Å². The summed E-state index contributed by atoms with van der Waals surface area (Å²) in [6.45, 7) is 7.95. The predicted molar refractivity (Wildman–Crippen MR) is 143 cm³/mol. The van der Waals surface area contributed by atoms with E-state index >= 15 is 0 Å². The largest absolute Gasteiger partial charge is 0.332 e. The lowest BCUT2D eigenvalue weighted by Gasteiger charge is -2.36. The third-order valence-electron chi connectivity index (χ3n) is 5.25. The minimum absolute atomic E-state index is 0.161. The van der Waals surface area contributed by atoms with Gasteiger partial charge in [-0.25, -0.2) is 0 Å². The number of anilines is 2. The Morgan fingerprint density at radius 2 is 1.35 bits per heavy atom. The smallest absolute Gasteiger partial charge is 0.260 e. The normalized spacial score (nSPS) is 10.9. The zero-order valence-corrected chi connectivity index (χ0v) is 20.9. The first-order valence-corrected chi connectivity index (χ1v) is 11.8.